The molecule has 0 unspecified atom stereocenters. The Morgan fingerprint density at radius 2 is 1.54 bits per heavy atom. The molecule has 1 aromatic rings. The largest absolute Gasteiger partial charge is 0.870 e. The molecule has 0 radical (unpaired) electrons. The van der Waals surface area contributed by atoms with Gasteiger partial charge in [-0.2, -0.15) is 0 Å². The molecule has 13 heavy (non-hydrogen) atoms. The van der Waals surface area contributed by atoms with E-state index in [2.05, 4.69) is 0 Å². The second kappa shape index (κ2) is 6.34. The van der Waals surface area contributed by atoms with Crippen LogP contribution in [0, 0.1) is 0 Å². The number of hydrogen-bond acceptors (Lipinski definition) is 4. The van der Waals surface area contributed by atoms with Gasteiger partial charge in [0.1, 0.15) is 0 Å². The fraction of sp³-hybridized carbons (Fsp3) is 0.250. The van der Waals surface area contributed by atoms with E-state index >= 15 is 0 Å². The average molecular weight is 182 g/mol. The molecule has 0 aromatic heterocycles. The summed E-state index contributed by atoms with van der Waals surface area (Å²) in [6, 6.07) is 5.26. The monoisotopic (exact) mass is 182 g/mol. The van der Waals surface area contributed by atoms with Gasteiger partial charge in [0.05, 0.1) is 0 Å². The van der Waals surface area contributed by atoms with Crippen molar-refractivity contribution in [3.8, 4) is 11.5 Å². The summed E-state index contributed by atoms with van der Waals surface area (Å²) in [6.07, 6.45) is 0. The zero-order valence-corrected chi connectivity index (χ0v) is 7.52. The molecule has 2 N–H and O–H groups in total. The van der Waals surface area contributed by atoms with Crippen LogP contribution in [0.15, 0.2) is 18.2 Å². The normalized spacial score (nSPS) is 8.00. The van der Waals surface area contributed by atoms with Gasteiger partial charge in [0, 0.05) is 0 Å². The van der Waals surface area contributed by atoms with E-state index in [4.69, 9.17) is 17.3 Å². The van der Waals surface area contributed by atoms with Crippen LogP contribution >= 0.6 is 0 Å². The summed E-state index contributed by atoms with van der Waals surface area (Å²) in [5.41, 5.74) is 0.669. The molecule has 1 aromatic carbocycles. The van der Waals surface area contributed by atoms with Gasteiger partial charge in [-0.25, -0.2) is 0 Å². The van der Waals surface area contributed by atoms with Gasteiger partial charge in [-0.3, -0.25) is 0 Å². The number of benzene rings is 1. The van der Waals surface area contributed by atoms with Crippen molar-refractivity contribution in [3.05, 3.63) is 18.2 Å². The standard InChI is InChI=1S/C8H9BO2.2H2O/c1-10-7-4-3-6(9)5-8(7)11-2;;/h3-5H,1-2H3;2*1H2/q+2;;/p-2. The summed E-state index contributed by atoms with van der Waals surface area (Å²) < 4.78 is 10.0. The molecule has 0 aliphatic rings. The molecule has 0 amide bonds. The molecule has 70 valence electrons. The molecule has 0 aliphatic heterocycles. The number of hydrogen-bond donors (Lipinski definition) is 0. The molecule has 0 fully saturated rings. The van der Waals surface area contributed by atoms with Crippen molar-refractivity contribution in [3.63, 3.8) is 0 Å². The number of methoxy groups -OCH3 is 2. The quantitative estimate of drug-likeness (QED) is 0.609. The molecule has 0 bridgehead atoms. The van der Waals surface area contributed by atoms with Crippen LogP contribution < -0.4 is 14.9 Å². The minimum atomic E-state index is 0. The Labute approximate surface area is 78.5 Å². The Morgan fingerprint density at radius 3 is 2.00 bits per heavy atom. The van der Waals surface area contributed by atoms with E-state index in [0.717, 1.165) is 0 Å². The summed E-state index contributed by atoms with van der Waals surface area (Å²) in [4.78, 5) is 0. The first kappa shape index (κ1) is 14.3. The Bertz CT molecular complexity index is 252. The molecule has 1 rings (SSSR count). The number of rotatable bonds is 2. The van der Waals surface area contributed by atoms with Gasteiger partial charge >= 0.3 is 66.7 Å². The van der Waals surface area contributed by atoms with Crippen molar-refractivity contribution in [2.75, 3.05) is 14.2 Å². The summed E-state index contributed by atoms with van der Waals surface area (Å²) in [6.45, 7) is 0. The van der Waals surface area contributed by atoms with E-state index < -0.39 is 0 Å². The van der Waals surface area contributed by atoms with E-state index in [1.54, 1.807) is 32.4 Å². The van der Waals surface area contributed by atoms with Gasteiger partial charge in [-0.05, 0) is 0 Å². The Morgan fingerprint density at radius 1 is 1.00 bits per heavy atom. The average Bonchev–Trinajstić information content (AvgIpc) is 2.04. The third-order valence-corrected chi connectivity index (χ3v) is 1.41. The molecule has 0 saturated heterocycles. The van der Waals surface area contributed by atoms with Crippen LogP contribution in [0.3, 0.4) is 0 Å². The second-order valence-electron chi connectivity index (χ2n) is 2.11. The van der Waals surface area contributed by atoms with Crippen molar-refractivity contribution in [2.24, 2.45) is 0 Å². The van der Waals surface area contributed by atoms with Crippen LogP contribution in [0.1, 0.15) is 0 Å². The third kappa shape index (κ3) is 3.35. The summed E-state index contributed by atoms with van der Waals surface area (Å²) >= 11 is 0. The van der Waals surface area contributed by atoms with Crippen LogP contribution in [-0.4, -0.2) is 33.0 Å². The van der Waals surface area contributed by atoms with Crippen molar-refractivity contribution in [1.82, 2.24) is 0 Å². The zero-order chi connectivity index (χ0) is 8.27. The number of ether oxygens (including phenoxy) is 2. The van der Waals surface area contributed by atoms with E-state index in [1.807, 2.05) is 0 Å². The summed E-state index contributed by atoms with van der Waals surface area (Å²) in [5.74, 6) is 1.36. The van der Waals surface area contributed by atoms with Gasteiger partial charge in [0.25, 0.3) is 0 Å². The summed E-state index contributed by atoms with van der Waals surface area (Å²) in [7, 11) is 8.69. The van der Waals surface area contributed by atoms with Crippen molar-refractivity contribution < 1.29 is 20.4 Å². The van der Waals surface area contributed by atoms with Gasteiger partial charge in [-0.15, -0.1) is 0 Å². The fourth-order valence-corrected chi connectivity index (χ4v) is 0.853. The molecular formula is C8H11BO4. The Kier molecular flexibility index (Phi) is 6.99. The maximum Gasteiger partial charge on any atom is -0.870 e. The molecule has 5 heteroatoms. The summed E-state index contributed by atoms with van der Waals surface area (Å²) in [5, 5.41) is 0. The molecule has 0 heterocycles. The topological polar surface area (TPSA) is 78.5 Å². The first-order valence-corrected chi connectivity index (χ1v) is 3.25. The van der Waals surface area contributed by atoms with Crippen LogP contribution in [0.5, 0.6) is 11.5 Å². The molecule has 0 aliphatic carbocycles. The molecular weight excluding hydrogens is 171 g/mol. The maximum absolute atomic E-state index is 5.52. The fourth-order valence-electron chi connectivity index (χ4n) is 0.853. The smallest absolute Gasteiger partial charge is 0.870 e. The first-order chi connectivity index (χ1) is 5.27. The zero-order valence-electron chi connectivity index (χ0n) is 7.52. The SMILES string of the molecule is [B+2]c1ccc(OC)c(OC)c1.[OH-].[OH-]. The van der Waals surface area contributed by atoms with Crippen LogP contribution in [0.25, 0.3) is 0 Å². The second-order valence-corrected chi connectivity index (χ2v) is 2.11. The van der Waals surface area contributed by atoms with Crippen molar-refractivity contribution >= 4 is 13.3 Å². The molecule has 4 nitrogen and oxygen atoms in total. The minimum Gasteiger partial charge on any atom is -0.870 e. The van der Waals surface area contributed by atoms with E-state index in [0.29, 0.717) is 17.0 Å². The minimum absolute atomic E-state index is 0. The van der Waals surface area contributed by atoms with Crippen molar-refractivity contribution in [2.45, 2.75) is 0 Å². The molecule has 0 saturated carbocycles. The van der Waals surface area contributed by atoms with Gasteiger partial charge in [0.15, 0.2) is 0 Å². The third-order valence-electron chi connectivity index (χ3n) is 1.41. The van der Waals surface area contributed by atoms with Crippen LogP contribution in [0.2, 0.25) is 0 Å². The van der Waals surface area contributed by atoms with Gasteiger partial charge in [0.2, 0.25) is 0 Å². The predicted octanol–water partition coefficient (Wildman–Crippen LogP) is 0.144. The Hall–Kier alpha value is -1.20. The van der Waals surface area contributed by atoms with E-state index in [-0.39, 0.29) is 11.0 Å². The van der Waals surface area contributed by atoms with Gasteiger partial charge < -0.3 is 11.0 Å². The maximum atomic E-state index is 5.52. The van der Waals surface area contributed by atoms with E-state index in [1.165, 1.54) is 0 Å². The van der Waals surface area contributed by atoms with E-state index in [9.17, 15) is 0 Å². The Balaban J connectivity index is 0. The molecule has 0 spiro atoms. The van der Waals surface area contributed by atoms with Crippen molar-refractivity contribution in [1.29, 1.82) is 0 Å². The predicted molar refractivity (Wildman–Crippen MR) is 48.8 cm³/mol. The van der Waals surface area contributed by atoms with Gasteiger partial charge in [-0.1, -0.05) is 0 Å². The first-order valence-electron chi connectivity index (χ1n) is 3.25. The van der Waals surface area contributed by atoms with Crippen LogP contribution in [-0.2, 0) is 0 Å². The molecule has 0 atom stereocenters. The van der Waals surface area contributed by atoms with Crippen LogP contribution in [0.4, 0.5) is 0 Å².